The van der Waals surface area contributed by atoms with Crippen LogP contribution in [0.4, 0.5) is 0 Å². The van der Waals surface area contributed by atoms with Crippen LogP contribution in [0.1, 0.15) is 35.5 Å². The Kier molecular flexibility index (Phi) is 8.86. The Hall–Kier alpha value is -4.11. The first-order valence-corrected chi connectivity index (χ1v) is 11.5. The van der Waals surface area contributed by atoms with Crippen LogP contribution in [0.2, 0.25) is 5.02 Å². The molecule has 3 aromatic rings. The van der Waals surface area contributed by atoms with Gasteiger partial charge in [-0.2, -0.15) is 5.10 Å². The van der Waals surface area contributed by atoms with Crippen molar-refractivity contribution in [3.63, 3.8) is 0 Å². The van der Waals surface area contributed by atoms with Gasteiger partial charge < -0.3 is 19.6 Å². The molecule has 2 amide bonds. The van der Waals surface area contributed by atoms with Crippen molar-refractivity contribution in [2.75, 3.05) is 6.61 Å². The highest BCUT2D eigenvalue weighted by atomic mass is 35.5. The van der Waals surface area contributed by atoms with Gasteiger partial charge in [-0.05, 0) is 54.8 Å². The predicted octanol–water partition coefficient (Wildman–Crippen LogP) is 4.28. The number of ether oxygens (including phenoxy) is 1. The first kappa shape index (κ1) is 26.5. The summed E-state index contributed by atoms with van der Waals surface area (Å²) < 4.78 is 11.2. The molecule has 0 aliphatic heterocycles. The molecule has 3 rings (SSSR count). The molecule has 10 heteroatoms. The lowest BCUT2D eigenvalue weighted by atomic mass is 10.0. The molecule has 0 aliphatic rings. The smallest absolute Gasteiger partial charge is 0.337 e. The molecule has 0 aliphatic carbocycles. The molecule has 188 valence electrons. The highest BCUT2D eigenvalue weighted by Gasteiger charge is 2.24. The van der Waals surface area contributed by atoms with E-state index in [0.29, 0.717) is 22.8 Å². The number of carboxylic acid groups (broad SMARTS) is 1. The number of furan rings is 1. The van der Waals surface area contributed by atoms with Crippen molar-refractivity contribution in [2.45, 2.75) is 26.8 Å². The lowest BCUT2D eigenvalue weighted by Crippen LogP contribution is -2.49. The molecule has 0 radical (unpaired) electrons. The van der Waals surface area contributed by atoms with E-state index in [4.69, 9.17) is 20.8 Å². The van der Waals surface area contributed by atoms with Crippen molar-refractivity contribution >= 4 is 35.6 Å². The molecule has 0 fully saturated rings. The maximum atomic E-state index is 12.6. The molecule has 9 nitrogen and oxygen atoms in total. The van der Waals surface area contributed by atoms with Gasteiger partial charge in [-0.3, -0.25) is 9.59 Å². The Morgan fingerprint density at radius 1 is 1.14 bits per heavy atom. The van der Waals surface area contributed by atoms with E-state index in [1.165, 1.54) is 18.3 Å². The number of aryl methyl sites for hydroxylation is 1. The van der Waals surface area contributed by atoms with Crippen LogP contribution in [0.5, 0.6) is 5.75 Å². The van der Waals surface area contributed by atoms with E-state index < -0.39 is 23.8 Å². The van der Waals surface area contributed by atoms with Gasteiger partial charge in [-0.15, -0.1) is 0 Å². The molecular formula is C26H26ClN3O6. The van der Waals surface area contributed by atoms with Gasteiger partial charge >= 0.3 is 5.97 Å². The van der Waals surface area contributed by atoms with Crippen molar-refractivity contribution in [3.05, 3.63) is 76.5 Å². The number of para-hydroxylation sites is 1. The minimum Gasteiger partial charge on any atom is -0.484 e. The van der Waals surface area contributed by atoms with Crippen LogP contribution in [-0.4, -0.2) is 41.8 Å². The summed E-state index contributed by atoms with van der Waals surface area (Å²) in [4.78, 5) is 36.3. The zero-order valence-corrected chi connectivity index (χ0v) is 20.7. The molecule has 0 spiro atoms. The SMILES string of the molecule is Cc1ccccc1OCC(=O)N[C@H](C(=O)N/N=C\c1ccc(-c2ccc(Cl)c(C(=O)O)c2)o1)C(C)C. The number of hydrogen-bond acceptors (Lipinski definition) is 6. The molecular weight excluding hydrogens is 486 g/mol. The molecule has 1 atom stereocenters. The zero-order chi connectivity index (χ0) is 26.2. The first-order valence-electron chi connectivity index (χ1n) is 11.1. The third kappa shape index (κ3) is 6.96. The van der Waals surface area contributed by atoms with Gasteiger partial charge in [0, 0.05) is 5.56 Å². The van der Waals surface area contributed by atoms with Gasteiger partial charge in [0.15, 0.2) is 6.61 Å². The van der Waals surface area contributed by atoms with Crippen LogP contribution in [0, 0.1) is 12.8 Å². The van der Waals surface area contributed by atoms with Gasteiger partial charge in [0.2, 0.25) is 0 Å². The Labute approximate surface area is 213 Å². The van der Waals surface area contributed by atoms with Crippen LogP contribution in [0.3, 0.4) is 0 Å². The number of nitrogens with one attached hydrogen (secondary N) is 2. The van der Waals surface area contributed by atoms with Gasteiger partial charge in [-0.25, -0.2) is 10.2 Å². The number of halogens is 1. The van der Waals surface area contributed by atoms with Crippen LogP contribution < -0.4 is 15.5 Å². The van der Waals surface area contributed by atoms with E-state index in [2.05, 4.69) is 15.8 Å². The fourth-order valence-electron chi connectivity index (χ4n) is 3.26. The van der Waals surface area contributed by atoms with Crippen LogP contribution in [-0.2, 0) is 9.59 Å². The van der Waals surface area contributed by atoms with E-state index in [-0.39, 0.29) is 23.1 Å². The highest BCUT2D eigenvalue weighted by molar-refractivity contribution is 6.33. The largest absolute Gasteiger partial charge is 0.484 e. The Morgan fingerprint density at radius 3 is 2.58 bits per heavy atom. The number of hydrogen-bond donors (Lipinski definition) is 3. The average Bonchev–Trinajstić information content (AvgIpc) is 3.30. The minimum absolute atomic E-state index is 0.0425. The lowest BCUT2D eigenvalue weighted by molar-refractivity contribution is -0.131. The standard InChI is InChI=1S/C26H26ClN3O6/c1-15(2)24(29-23(31)14-35-21-7-5-4-6-16(21)3)25(32)30-28-13-18-9-11-22(36-18)17-8-10-20(27)19(12-17)26(33)34/h4-13,15,24H,14H2,1-3H3,(H,29,31)(H,30,32)(H,33,34)/b28-13-/t24-/m0/s1. The second-order valence-corrected chi connectivity index (χ2v) is 8.69. The molecule has 0 bridgehead atoms. The van der Waals surface area contributed by atoms with Gasteiger partial charge in [0.05, 0.1) is 16.8 Å². The Bertz CT molecular complexity index is 1280. The van der Waals surface area contributed by atoms with E-state index in [1.54, 1.807) is 38.1 Å². The summed E-state index contributed by atoms with van der Waals surface area (Å²) in [6, 6.07) is 14.3. The maximum absolute atomic E-state index is 12.6. The minimum atomic E-state index is -1.15. The van der Waals surface area contributed by atoms with Crippen LogP contribution >= 0.6 is 11.6 Å². The van der Waals surface area contributed by atoms with Gasteiger partial charge in [0.25, 0.3) is 11.8 Å². The van der Waals surface area contributed by atoms with E-state index >= 15 is 0 Å². The zero-order valence-electron chi connectivity index (χ0n) is 19.9. The molecule has 2 aromatic carbocycles. The molecule has 0 saturated heterocycles. The second kappa shape index (κ2) is 12.0. The van der Waals surface area contributed by atoms with Crippen LogP contribution in [0.25, 0.3) is 11.3 Å². The van der Waals surface area contributed by atoms with Gasteiger partial charge in [0.1, 0.15) is 23.3 Å². The normalized spacial score (nSPS) is 11.9. The number of carbonyl (C=O) groups is 3. The predicted molar refractivity (Wildman–Crippen MR) is 135 cm³/mol. The average molecular weight is 512 g/mol. The topological polar surface area (TPSA) is 130 Å². The molecule has 3 N–H and O–H groups in total. The third-order valence-electron chi connectivity index (χ3n) is 5.19. The second-order valence-electron chi connectivity index (χ2n) is 8.28. The Morgan fingerprint density at radius 2 is 1.89 bits per heavy atom. The fourth-order valence-corrected chi connectivity index (χ4v) is 3.46. The molecule has 1 aromatic heterocycles. The summed E-state index contributed by atoms with van der Waals surface area (Å²) in [6.45, 7) is 5.24. The fraction of sp³-hybridized carbons (Fsp3) is 0.231. The van der Waals surface area contributed by atoms with Gasteiger partial charge in [-0.1, -0.05) is 43.6 Å². The molecule has 1 heterocycles. The Balaban J connectivity index is 1.58. The van der Waals surface area contributed by atoms with Crippen LogP contribution in [0.15, 0.2) is 64.1 Å². The van der Waals surface area contributed by atoms with Crippen molar-refractivity contribution in [1.82, 2.24) is 10.7 Å². The van der Waals surface area contributed by atoms with E-state index in [1.807, 2.05) is 25.1 Å². The summed E-state index contributed by atoms with van der Waals surface area (Å²) in [5.41, 5.74) is 3.78. The van der Waals surface area contributed by atoms with Crippen molar-refractivity contribution in [3.8, 4) is 17.1 Å². The number of amides is 2. The van der Waals surface area contributed by atoms with E-state index in [9.17, 15) is 19.5 Å². The summed E-state index contributed by atoms with van der Waals surface area (Å²) in [5.74, 6) is -0.954. The third-order valence-corrected chi connectivity index (χ3v) is 5.52. The number of carboxylic acids is 1. The van der Waals surface area contributed by atoms with E-state index in [0.717, 1.165) is 5.56 Å². The quantitative estimate of drug-likeness (QED) is 0.275. The van der Waals surface area contributed by atoms with Crippen molar-refractivity contribution < 1.29 is 28.6 Å². The highest BCUT2D eigenvalue weighted by Crippen LogP contribution is 2.26. The number of rotatable bonds is 10. The monoisotopic (exact) mass is 511 g/mol. The molecule has 36 heavy (non-hydrogen) atoms. The summed E-state index contributed by atoms with van der Waals surface area (Å²) >= 11 is 5.91. The number of nitrogens with zero attached hydrogens (tertiary/aromatic N) is 1. The number of carbonyl (C=O) groups excluding carboxylic acids is 2. The first-order chi connectivity index (χ1) is 17.2. The van der Waals surface area contributed by atoms with Crippen molar-refractivity contribution in [2.24, 2.45) is 11.0 Å². The summed E-state index contributed by atoms with van der Waals surface area (Å²) in [5, 5.41) is 15.9. The molecule has 0 unspecified atom stereocenters. The number of aromatic carboxylic acids is 1. The molecule has 0 saturated carbocycles. The maximum Gasteiger partial charge on any atom is 0.337 e. The number of benzene rings is 2. The summed E-state index contributed by atoms with van der Waals surface area (Å²) in [6.07, 6.45) is 1.30. The summed E-state index contributed by atoms with van der Waals surface area (Å²) in [7, 11) is 0. The lowest BCUT2D eigenvalue weighted by Gasteiger charge is -2.20. The van der Waals surface area contributed by atoms with Crippen molar-refractivity contribution in [1.29, 1.82) is 0 Å². The number of hydrazone groups is 1.